The van der Waals surface area contributed by atoms with Crippen molar-refractivity contribution in [3.63, 3.8) is 0 Å². The lowest BCUT2D eigenvalue weighted by atomic mass is 9.99. The monoisotopic (exact) mass is 488 g/mol. The second-order valence-corrected chi connectivity index (χ2v) is 7.96. The summed E-state index contributed by atoms with van der Waals surface area (Å²) < 4.78 is 27.1. The maximum absolute atomic E-state index is 13.1. The number of aromatic hydroxyl groups is 1. The first-order chi connectivity index (χ1) is 16.7. The molecule has 0 aliphatic carbocycles. The largest absolute Gasteiger partial charge is 0.508 e. The van der Waals surface area contributed by atoms with Gasteiger partial charge in [-0.3, -0.25) is 9.59 Å². The Bertz CT molecular complexity index is 1270. The van der Waals surface area contributed by atoms with Crippen LogP contribution in [0.15, 0.2) is 51.9 Å². The van der Waals surface area contributed by atoms with Crippen molar-refractivity contribution in [2.45, 2.75) is 37.6 Å². The molecule has 0 radical (unpaired) electrons. The molecule has 5 atom stereocenters. The van der Waals surface area contributed by atoms with Gasteiger partial charge in [0.05, 0.1) is 18.1 Å². The molecule has 4 rings (SSSR count). The number of aliphatic hydroxyl groups is 3. The molecule has 11 nitrogen and oxygen atoms in total. The molecule has 2 heterocycles. The molecule has 2 aromatic carbocycles. The van der Waals surface area contributed by atoms with Gasteiger partial charge < -0.3 is 43.8 Å². The fraction of sp³-hybridized carbons (Fsp3) is 0.333. The maximum atomic E-state index is 13.1. The predicted octanol–water partition coefficient (Wildman–Crippen LogP) is 0.924. The van der Waals surface area contributed by atoms with Gasteiger partial charge in [-0.2, -0.15) is 0 Å². The number of phenols is 1. The number of methoxy groups -OCH3 is 1. The number of carbonyl (C=O) groups is 1. The van der Waals surface area contributed by atoms with E-state index in [1.54, 1.807) is 12.1 Å². The molecule has 1 fully saturated rings. The number of hydrogen-bond donors (Lipinski definition) is 4. The highest BCUT2D eigenvalue weighted by molar-refractivity contribution is 5.84. The fourth-order valence-corrected chi connectivity index (χ4v) is 3.71. The topological polar surface area (TPSA) is 165 Å². The number of carbonyl (C=O) groups excluding carboxylic acids is 1. The van der Waals surface area contributed by atoms with Gasteiger partial charge in [-0.05, 0) is 23.8 Å². The zero-order chi connectivity index (χ0) is 25.3. The first kappa shape index (κ1) is 24.5. The Morgan fingerprint density at radius 3 is 2.40 bits per heavy atom. The van der Waals surface area contributed by atoms with Crippen LogP contribution in [0.25, 0.3) is 22.1 Å². The Morgan fingerprint density at radius 1 is 1.03 bits per heavy atom. The second-order valence-electron chi connectivity index (χ2n) is 7.96. The number of ether oxygens (including phenoxy) is 4. The molecule has 0 amide bonds. The lowest BCUT2D eigenvalue weighted by molar-refractivity contribution is -0.278. The summed E-state index contributed by atoms with van der Waals surface area (Å²) in [5.74, 6) is -0.418. The molecule has 1 aliphatic heterocycles. The van der Waals surface area contributed by atoms with Gasteiger partial charge in [0.25, 0.3) is 0 Å². The molecule has 1 aliphatic rings. The highest BCUT2D eigenvalue weighted by atomic mass is 16.7. The molecule has 1 aromatic heterocycles. The third-order valence-electron chi connectivity index (χ3n) is 5.60. The van der Waals surface area contributed by atoms with Crippen LogP contribution in [0, 0.1) is 0 Å². The summed E-state index contributed by atoms with van der Waals surface area (Å²) in [6.45, 7) is 0.805. The Morgan fingerprint density at radius 2 is 1.74 bits per heavy atom. The number of benzene rings is 2. The highest BCUT2D eigenvalue weighted by Crippen LogP contribution is 2.35. The van der Waals surface area contributed by atoms with Crippen LogP contribution < -0.4 is 14.9 Å². The molecule has 35 heavy (non-hydrogen) atoms. The summed E-state index contributed by atoms with van der Waals surface area (Å²) in [6.07, 6.45) is -6.19. The summed E-state index contributed by atoms with van der Waals surface area (Å²) in [4.78, 5) is 24.2. The SMILES string of the molecule is COc1cc2c(=O)c(-c3ccc(O)cc3)coc2cc1O[C@@H]1OC(COC(C)=O)[C@H](O)C(O)C1O. The summed E-state index contributed by atoms with van der Waals surface area (Å²) >= 11 is 0. The average Bonchev–Trinajstić information content (AvgIpc) is 2.84. The van der Waals surface area contributed by atoms with Crippen molar-refractivity contribution in [3.05, 3.63) is 52.9 Å². The molecular formula is C24H24O11. The number of hydrogen-bond acceptors (Lipinski definition) is 11. The van der Waals surface area contributed by atoms with E-state index in [9.17, 15) is 30.0 Å². The minimum absolute atomic E-state index is 0.0272. The number of rotatable bonds is 6. The van der Waals surface area contributed by atoms with Crippen molar-refractivity contribution in [1.29, 1.82) is 0 Å². The molecule has 3 aromatic rings. The summed E-state index contributed by atoms with van der Waals surface area (Å²) in [7, 11) is 1.35. The number of phenolic OH excluding ortho intramolecular Hbond substituents is 1. The van der Waals surface area contributed by atoms with Crippen LogP contribution in [0.1, 0.15) is 6.92 Å². The fourth-order valence-electron chi connectivity index (χ4n) is 3.71. The lowest BCUT2D eigenvalue weighted by Gasteiger charge is -2.39. The van der Waals surface area contributed by atoms with E-state index in [2.05, 4.69) is 0 Å². The first-order valence-corrected chi connectivity index (χ1v) is 10.6. The normalized spacial score (nSPS) is 24.2. The van der Waals surface area contributed by atoms with Gasteiger partial charge in [-0.1, -0.05) is 12.1 Å². The van der Waals surface area contributed by atoms with Crippen molar-refractivity contribution in [2.24, 2.45) is 0 Å². The summed E-state index contributed by atoms with van der Waals surface area (Å²) in [6, 6.07) is 8.83. The molecule has 4 N–H and O–H groups in total. The average molecular weight is 488 g/mol. The minimum atomic E-state index is -1.65. The van der Waals surface area contributed by atoms with Crippen molar-refractivity contribution in [1.82, 2.24) is 0 Å². The molecule has 1 saturated heterocycles. The smallest absolute Gasteiger partial charge is 0.302 e. The van der Waals surface area contributed by atoms with Gasteiger partial charge in [0.1, 0.15) is 48.6 Å². The van der Waals surface area contributed by atoms with E-state index in [0.29, 0.717) is 5.56 Å². The minimum Gasteiger partial charge on any atom is -0.508 e. The number of aliphatic hydroxyl groups excluding tert-OH is 3. The predicted molar refractivity (Wildman–Crippen MR) is 120 cm³/mol. The third-order valence-corrected chi connectivity index (χ3v) is 5.60. The first-order valence-electron chi connectivity index (χ1n) is 10.6. The standard InChI is InChI=1S/C24H24O11/c1-11(25)32-10-19-21(28)22(29)23(30)24(35-19)34-18-8-16-14(7-17(18)31-2)20(27)15(9-33-16)12-3-5-13(26)6-4-12/h3-9,19,21-24,26,28-30H,10H2,1-2H3/t19?,21-,22?,23?,24+/m0/s1. The quantitative estimate of drug-likeness (QED) is 0.365. The lowest BCUT2D eigenvalue weighted by Crippen LogP contribution is -2.60. The highest BCUT2D eigenvalue weighted by Gasteiger charge is 2.45. The molecule has 0 spiro atoms. The Hall–Kier alpha value is -3.64. The van der Waals surface area contributed by atoms with E-state index >= 15 is 0 Å². The summed E-state index contributed by atoms with van der Waals surface area (Å²) in [5, 5.41) is 40.4. The van der Waals surface area contributed by atoms with Gasteiger partial charge in [0.2, 0.25) is 11.7 Å². The van der Waals surface area contributed by atoms with Gasteiger partial charge in [-0.25, -0.2) is 0 Å². The number of esters is 1. The van der Waals surface area contributed by atoms with Gasteiger partial charge in [-0.15, -0.1) is 0 Å². The zero-order valence-corrected chi connectivity index (χ0v) is 18.8. The molecule has 186 valence electrons. The number of fused-ring (bicyclic) bond motifs is 1. The van der Waals surface area contributed by atoms with Crippen LogP contribution in [0.5, 0.6) is 17.2 Å². The van der Waals surface area contributed by atoms with Crippen LogP contribution in [-0.2, 0) is 14.3 Å². The van der Waals surface area contributed by atoms with Crippen LogP contribution in [0.2, 0.25) is 0 Å². The molecule has 0 saturated carbocycles. The van der Waals surface area contributed by atoms with Gasteiger partial charge in [0.15, 0.2) is 11.5 Å². The van der Waals surface area contributed by atoms with Crippen LogP contribution in [-0.4, -0.2) is 70.8 Å². The Labute approximate surface area is 198 Å². The van der Waals surface area contributed by atoms with Crippen molar-refractivity contribution in [2.75, 3.05) is 13.7 Å². The van der Waals surface area contributed by atoms with E-state index in [1.165, 1.54) is 44.6 Å². The zero-order valence-electron chi connectivity index (χ0n) is 18.8. The molecule has 0 bridgehead atoms. The molecular weight excluding hydrogens is 464 g/mol. The Kier molecular flexibility index (Phi) is 6.94. The van der Waals surface area contributed by atoms with Crippen molar-refractivity contribution >= 4 is 16.9 Å². The van der Waals surface area contributed by atoms with Gasteiger partial charge in [0, 0.05) is 13.0 Å². The van der Waals surface area contributed by atoms with E-state index < -0.39 is 36.7 Å². The third kappa shape index (κ3) is 4.93. The van der Waals surface area contributed by atoms with Crippen LogP contribution >= 0.6 is 0 Å². The summed E-state index contributed by atoms with van der Waals surface area (Å²) in [5.41, 5.74) is 0.610. The van der Waals surface area contributed by atoms with Crippen molar-refractivity contribution < 1.29 is 48.6 Å². The van der Waals surface area contributed by atoms with Crippen LogP contribution in [0.4, 0.5) is 0 Å². The maximum Gasteiger partial charge on any atom is 0.302 e. The van der Waals surface area contributed by atoms with Crippen LogP contribution in [0.3, 0.4) is 0 Å². The second kappa shape index (κ2) is 9.92. The Balaban J connectivity index is 1.66. The van der Waals surface area contributed by atoms with Gasteiger partial charge >= 0.3 is 5.97 Å². The molecule has 11 heteroatoms. The van der Waals surface area contributed by atoms with E-state index in [4.69, 9.17) is 23.4 Å². The molecule has 3 unspecified atom stereocenters. The van der Waals surface area contributed by atoms with E-state index in [0.717, 1.165) is 0 Å². The van der Waals surface area contributed by atoms with Crippen molar-refractivity contribution in [3.8, 4) is 28.4 Å². The van der Waals surface area contributed by atoms with E-state index in [1.807, 2.05) is 0 Å². The van der Waals surface area contributed by atoms with E-state index in [-0.39, 0.29) is 45.8 Å².